The van der Waals surface area contributed by atoms with Gasteiger partial charge in [0.25, 0.3) is 0 Å². The van der Waals surface area contributed by atoms with Crippen molar-refractivity contribution in [1.29, 1.82) is 0 Å². The van der Waals surface area contributed by atoms with Crippen molar-refractivity contribution in [2.75, 3.05) is 6.54 Å². The molecular formula is C25H44N2O5. The van der Waals surface area contributed by atoms with E-state index in [0.717, 1.165) is 0 Å². The van der Waals surface area contributed by atoms with Crippen molar-refractivity contribution in [2.24, 2.45) is 16.7 Å². The fourth-order valence-corrected chi connectivity index (χ4v) is 2.98. The Morgan fingerprint density at radius 2 is 1.28 bits per heavy atom. The van der Waals surface area contributed by atoms with E-state index in [1.807, 2.05) is 55.4 Å². The van der Waals surface area contributed by atoms with Gasteiger partial charge in [0, 0.05) is 49.0 Å². The molecule has 0 spiro atoms. The first-order chi connectivity index (χ1) is 14.6. The molecular weight excluding hydrogens is 408 g/mol. The lowest BCUT2D eigenvalue weighted by Crippen LogP contribution is -2.45. The third-order valence-corrected chi connectivity index (χ3v) is 5.29. The maximum atomic E-state index is 12.8. The second-order valence-electron chi connectivity index (χ2n) is 10.9. The van der Waals surface area contributed by atoms with Crippen LogP contribution in [0.3, 0.4) is 0 Å². The molecule has 1 unspecified atom stereocenters. The molecule has 0 saturated carbocycles. The average Bonchev–Trinajstić information content (AvgIpc) is 2.66. The molecule has 7 nitrogen and oxygen atoms in total. The molecule has 0 radical (unpaired) electrons. The van der Waals surface area contributed by atoms with Crippen LogP contribution in [0.2, 0.25) is 0 Å². The summed E-state index contributed by atoms with van der Waals surface area (Å²) < 4.78 is 0. The molecule has 0 aromatic heterocycles. The normalized spacial score (nSPS) is 12.9. The van der Waals surface area contributed by atoms with Gasteiger partial charge in [-0.1, -0.05) is 55.4 Å². The van der Waals surface area contributed by atoms with E-state index >= 15 is 0 Å². The van der Waals surface area contributed by atoms with Gasteiger partial charge >= 0.3 is 0 Å². The minimum Gasteiger partial charge on any atom is -0.356 e. The van der Waals surface area contributed by atoms with E-state index in [2.05, 4.69) is 10.6 Å². The van der Waals surface area contributed by atoms with Crippen molar-refractivity contribution in [2.45, 2.75) is 106 Å². The highest BCUT2D eigenvalue weighted by Crippen LogP contribution is 2.20. The quantitative estimate of drug-likeness (QED) is 0.390. The number of ketones is 3. The standard InChI is InChI=1S/C25H44N2O5/c1-17(2)19(28)12-14-21(30)26-16-10-9-11-18(23(32)25(6,7)8)27-22(31)15-13-20(29)24(3,4)5/h17-18H,9-16H2,1-8H3,(H,26,30)(H,27,31). The molecule has 0 aromatic carbocycles. The summed E-state index contributed by atoms with van der Waals surface area (Å²) in [6.07, 6.45) is 2.43. The molecule has 0 rings (SSSR count). The van der Waals surface area contributed by atoms with Gasteiger partial charge in [-0.15, -0.1) is 0 Å². The highest BCUT2D eigenvalue weighted by atomic mass is 16.2. The smallest absolute Gasteiger partial charge is 0.221 e. The van der Waals surface area contributed by atoms with Crippen molar-refractivity contribution in [1.82, 2.24) is 10.6 Å². The molecule has 184 valence electrons. The Kier molecular flexibility index (Phi) is 12.6. The van der Waals surface area contributed by atoms with Gasteiger partial charge in [0.05, 0.1) is 6.04 Å². The Balaban J connectivity index is 4.56. The molecule has 0 aliphatic rings. The van der Waals surface area contributed by atoms with Gasteiger partial charge in [0.2, 0.25) is 11.8 Å². The zero-order valence-corrected chi connectivity index (χ0v) is 21.4. The van der Waals surface area contributed by atoms with Crippen LogP contribution in [0.25, 0.3) is 0 Å². The Morgan fingerprint density at radius 1 is 0.719 bits per heavy atom. The number of unbranched alkanes of at least 4 members (excludes halogenated alkanes) is 1. The van der Waals surface area contributed by atoms with E-state index in [-0.39, 0.29) is 60.8 Å². The van der Waals surface area contributed by atoms with Crippen LogP contribution in [-0.2, 0) is 24.0 Å². The summed E-state index contributed by atoms with van der Waals surface area (Å²) >= 11 is 0. The number of rotatable bonds is 14. The van der Waals surface area contributed by atoms with Crippen LogP contribution in [0.1, 0.15) is 100 Å². The summed E-state index contributed by atoms with van der Waals surface area (Å²) in [4.78, 5) is 60.7. The lowest BCUT2D eigenvalue weighted by Gasteiger charge is -2.26. The number of amides is 2. The Morgan fingerprint density at radius 3 is 1.78 bits per heavy atom. The van der Waals surface area contributed by atoms with Gasteiger partial charge in [-0.2, -0.15) is 0 Å². The number of Topliss-reactive ketones (excluding diaryl/α,β-unsaturated/α-hetero) is 3. The van der Waals surface area contributed by atoms with Crippen LogP contribution >= 0.6 is 0 Å². The first kappa shape index (κ1) is 29.9. The lowest BCUT2D eigenvalue weighted by atomic mass is 9.84. The lowest BCUT2D eigenvalue weighted by molar-refractivity contribution is -0.133. The maximum Gasteiger partial charge on any atom is 0.221 e. The van der Waals surface area contributed by atoms with Gasteiger partial charge in [-0.05, 0) is 19.3 Å². The van der Waals surface area contributed by atoms with E-state index in [4.69, 9.17) is 0 Å². The Bertz CT molecular complexity index is 669. The maximum absolute atomic E-state index is 12.8. The molecule has 2 amide bonds. The highest BCUT2D eigenvalue weighted by molar-refractivity contribution is 5.93. The average molecular weight is 453 g/mol. The molecule has 0 heterocycles. The first-order valence-corrected chi connectivity index (χ1v) is 11.7. The van der Waals surface area contributed by atoms with Gasteiger partial charge in [-0.25, -0.2) is 0 Å². The molecule has 0 saturated heterocycles. The van der Waals surface area contributed by atoms with Crippen LogP contribution < -0.4 is 10.6 Å². The second kappa shape index (κ2) is 13.5. The molecule has 0 aromatic rings. The van der Waals surface area contributed by atoms with Crippen molar-refractivity contribution >= 4 is 29.2 Å². The largest absolute Gasteiger partial charge is 0.356 e. The van der Waals surface area contributed by atoms with Crippen LogP contribution in [0.15, 0.2) is 0 Å². The van der Waals surface area contributed by atoms with E-state index < -0.39 is 16.9 Å². The summed E-state index contributed by atoms with van der Waals surface area (Å²) in [5.74, 6) is -0.488. The minimum atomic E-state index is -0.619. The third-order valence-electron chi connectivity index (χ3n) is 5.29. The Hall–Kier alpha value is -2.05. The molecule has 2 N–H and O–H groups in total. The predicted octanol–water partition coefficient (Wildman–Crippen LogP) is 3.77. The zero-order chi connectivity index (χ0) is 25.1. The van der Waals surface area contributed by atoms with Crippen LogP contribution in [-0.4, -0.2) is 41.8 Å². The Labute approximate surface area is 193 Å². The van der Waals surface area contributed by atoms with E-state index in [1.165, 1.54) is 0 Å². The van der Waals surface area contributed by atoms with Crippen molar-refractivity contribution in [3.8, 4) is 0 Å². The van der Waals surface area contributed by atoms with Crippen LogP contribution in [0.5, 0.6) is 0 Å². The minimum absolute atomic E-state index is 0.0113. The number of hydrogen-bond donors (Lipinski definition) is 2. The fourth-order valence-electron chi connectivity index (χ4n) is 2.98. The fraction of sp³-hybridized carbons (Fsp3) is 0.800. The monoisotopic (exact) mass is 452 g/mol. The first-order valence-electron chi connectivity index (χ1n) is 11.7. The summed E-state index contributed by atoms with van der Waals surface area (Å²) in [5, 5.41) is 5.60. The van der Waals surface area contributed by atoms with E-state index in [0.29, 0.717) is 25.8 Å². The van der Waals surface area contributed by atoms with E-state index in [9.17, 15) is 24.0 Å². The van der Waals surface area contributed by atoms with Gasteiger partial charge in [0.15, 0.2) is 5.78 Å². The second-order valence-corrected chi connectivity index (χ2v) is 10.9. The molecule has 0 fully saturated rings. The number of carbonyl (C=O) groups excluding carboxylic acids is 5. The number of carbonyl (C=O) groups is 5. The van der Waals surface area contributed by atoms with Crippen molar-refractivity contribution in [3.05, 3.63) is 0 Å². The summed E-state index contributed by atoms with van der Waals surface area (Å²) in [6.45, 7) is 15.0. The highest BCUT2D eigenvalue weighted by Gasteiger charge is 2.30. The van der Waals surface area contributed by atoms with Gasteiger partial charge in [0.1, 0.15) is 11.6 Å². The van der Waals surface area contributed by atoms with Gasteiger partial charge < -0.3 is 10.6 Å². The molecule has 1 atom stereocenters. The van der Waals surface area contributed by atoms with Crippen molar-refractivity contribution in [3.63, 3.8) is 0 Å². The summed E-state index contributed by atoms with van der Waals surface area (Å²) in [7, 11) is 0. The summed E-state index contributed by atoms with van der Waals surface area (Å²) in [6, 6.07) is -0.619. The number of hydrogen-bond acceptors (Lipinski definition) is 5. The number of nitrogens with one attached hydrogen (secondary N) is 2. The van der Waals surface area contributed by atoms with Crippen molar-refractivity contribution < 1.29 is 24.0 Å². The van der Waals surface area contributed by atoms with Crippen LogP contribution in [0, 0.1) is 16.7 Å². The molecule has 0 bridgehead atoms. The third kappa shape index (κ3) is 12.7. The topological polar surface area (TPSA) is 109 Å². The predicted molar refractivity (Wildman–Crippen MR) is 126 cm³/mol. The molecule has 0 aliphatic carbocycles. The molecule has 32 heavy (non-hydrogen) atoms. The summed E-state index contributed by atoms with van der Waals surface area (Å²) in [5.41, 5.74) is -1.09. The molecule has 0 aliphatic heterocycles. The van der Waals surface area contributed by atoms with Crippen LogP contribution in [0.4, 0.5) is 0 Å². The van der Waals surface area contributed by atoms with E-state index in [1.54, 1.807) is 0 Å². The van der Waals surface area contributed by atoms with Gasteiger partial charge in [-0.3, -0.25) is 24.0 Å². The SMILES string of the molecule is CC(C)C(=O)CCC(=O)NCCCCC(NC(=O)CCC(=O)C(C)(C)C)C(=O)C(C)(C)C. The molecule has 7 heteroatoms. The zero-order valence-electron chi connectivity index (χ0n) is 21.4.